The molecule has 0 spiro atoms. The first-order valence-electron chi connectivity index (χ1n) is 9.93. The van der Waals surface area contributed by atoms with Crippen molar-refractivity contribution in [1.29, 1.82) is 0 Å². The van der Waals surface area contributed by atoms with Gasteiger partial charge in [-0.25, -0.2) is 6.57 Å². The Bertz CT molecular complexity index is 1360. The summed E-state index contributed by atoms with van der Waals surface area (Å²) in [5, 5.41) is 3.52. The molecule has 3 aromatic carbocycles. The molecule has 1 aromatic heterocycles. The van der Waals surface area contributed by atoms with Crippen LogP contribution in [0.4, 0.5) is 0 Å². The fraction of sp³-hybridized carbons (Fsp3) is 0.231. The van der Waals surface area contributed by atoms with Crippen LogP contribution in [0.5, 0.6) is 11.5 Å². The summed E-state index contributed by atoms with van der Waals surface area (Å²) in [6, 6.07) is 19.2. The first-order valence-corrected chi connectivity index (χ1v) is 9.93. The van der Waals surface area contributed by atoms with Crippen molar-refractivity contribution in [3.8, 4) is 22.8 Å². The molecule has 0 aliphatic carbocycles. The van der Waals surface area contributed by atoms with E-state index in [0.29, 0.717) is 0 Å². The molecule has 142 valence electrons. The molecule has 1 aliphatic heterocycles. The molecule has 4 aromatic rings. The highest BCUT2D eigenvalue weighted by atomic mass is 16.5. The Hall–Kier alpha value is -3.38. The van der Waals surface area contributed by atoms with E-state index in [4.69, 9.17) is 11.3 Å². The summed E-state index contributed by atoms with van der Waals surface area (Å²) < 4.78 is 8.63. The van der Waals surface area contributed by atoms with E-state index in [9.17, 15) is 0 Å². The van der Waals surface area contributed by atoms with Gasteiger partial charge in [0.1, 0.15) is 12.8 Å². The average molecular weight is 379 g/mol. The standard InChI is InChI=1S/C26H23N2O/c1-16-9-11-18-7-6-8-21-24(18)23(16)25-22(29-21)14-19-13-17(15-26(2,3)27-4)10-12-20(19)28(25)5/h6-14H,15H2,1-3,5H3/q+1. The van der Waals surface area contributed by atoms with Crippen LogP contribution in [0, 0.1) is 13.5 Å². The van der Waals surface area contributed by atoms with Crippen LogP contribution in [-0.2, 0) is 13.5 Å². The zero-order valence-electron chi connectivity index (χ0n) is 17.2. The van der Waals surface area contributed by atoms with Gasteiger partial charge in [0.05, 0.1) is 17.4 Å². The lowest BCUT2D eigenvalue weighted by atomic mass is 9.92. The first kappa shape index (κ1) is 17.7. The molecule has 0 N–H and O–H groups in total. The van der Waals surface area contributed by atoms with E-state index in [0.717, 1.165) is 34.5 Å². The second kappa shape index (κ2) is 6.06. The quantitative estimate of drug-likeness (QED) is 0.266. The predicted molar refractivity (Wildman–Crippen MR) is 117 cm³/mol. The van der Waals surface area contributed by atoms with Crippen molar-refractivity contribution in [1.82, 2.24) is 0 Å². The maximum absolute atomic E-state index is 7.42. The highest BCUT2D eigenvalue weighted by molar-refractivity contribution is 6.04. The number of nitrogens with zero attached hydrogens (tertiary/aromatic N) is 2. The summed E-state index contributed by atoms with van der Waals surface area (Å²) >= 11 is 0. The van der Waals surface area contributed by atoms with Crippen LogP contribution in [0.3, 0.4) is 0 Å². The van der Waals surface area contributed by atoms with Crippen molar-refractivity contribution in [3.05, 3.63) is 77.1 Å². The Morgan fingerprint density at radius 3 is 2.62 bits per heavy atom. The van der Waals surface area contributed by atoms with E-state index < -0.39 is 5.54 Å². The minimum atomic E-state index is -0.397. The number of ether oxygens (including phenoxy) is 1. The average Bonchev–Trinajstić information content (AvgIpc) is 2.69. The molecule has 2 heterocycles. The molecule has 0 amide bonds. The molecule has 0 radical (unpaired) electrons. The van der Waals surface area contributed by atoms with Crippen molar-refractivity contribution in [3.63, 3.8) is 0 Å². The summed E-state index contributed by atoms with van der Waals surface area (Å²) in [5.74, 6) is 1.80. The SMILES string of the molecule is [C-]#[N+]C(C)(C)Cc1ccc2c(c1)cc1c([n+]2C)-c2c(C)ccc3cccc(c23)O1. The highest BCUT2D eigenvalue weighted by Gasteiger charge is 2.31. The summed E-state index contributed by atoms with van der Waals surface area (Å²) in [6.07, 6.45) is 0.731. The Morgan fingerprint density at radius 1 is 1.00 bits per heavy atom. The molecular formula is C26H23N2O+. The minimum Gasteiger partial charge on any atom is -0.450 e. The summed E-state index contributed by atoms with van der Waals surface area (Å²) in [4.78, 5) is 3.76. The van der Waals surface area contributed by atoms with Gasteiger partial charge in [0.2, 0.25) is 11.1 Å². The molecule has 3 nitrogen and oxygen atoms in total. The van der Waals surface area contributed by atoms with Gasteiger partial charge in [0.15, 0.2) is 5.75 Å². The number of hydrogen-bond donors (Lipinski definition) is 0. The fourth-order valence-electron chi connectivity index (χ4n) is 4.50. The number of aryl methyl sites for hydroxylation is 2. The molecule has 0 fully saturated rings. The van der Waals surface area contributed by atoms with E-state index in [1.165, 1.54) is 27.5 Å². The molecule has 3 heteroatoms. The monoisotopic (exact) mass is 379 g/mol. The number of benzene rings is 3. The van der Waals surface area contributed by atoms with Crippen molar-refractivity contribution >= 4 is 21.7 Å². The lowest BCUT2D eigenvalue weighted by Gasteiger charge is -2.21. The van der Waals surface area contributed by atoms with Crippen molar-refractivity contribution < 1.29 is 9.30 Å². The van der Waals surface area contributed by atoms with Gasteiger partial charge in [-0.15, -0.1) is 0 Å². The molecule has 0 bridgehead atoms. The van der Waals surface area contributed by atoms with E-state index >= 15 is 0 Å². The summed E-state index contributed by atoms with van der Waals surface area (Å²) in [6.45, 7) is 13.6. The third-order valence-electron chi connectivity index (χ3n) is 5.92. The van der Waals surface area contributed by atoms with Crippen LogP contribution in [0.25, 0.3) is 37.8 Å². The molecule has 0 atom stereocenters. The van der Waals surface area contributed by atoms with Crippen LogP contribution in [0.1, 0.15) is 25.0 Å². The molecule has 0 saturated heterocycles. The first-order chi connectivity index (χ1) is 13.9. The van der Waals surface area contributed by atoms with Gasteiger partial charge in [0.25, 0.3) is 5.69 Å². The summed E-state index contributed by atoms with van der Waals surface area (Å²) in [5.41, 5.74) is 5.56. The number of fused-ring (bicyclic) bond motifs is 3. The number of aromatic nitrogens is 1. The Balaban J connectivity index is 1.77. The number of rotatable bonds is 2. The molecule has 0 unspecified atom stereocenters. The Labute approximate surface area is 171 Å². The van der Waals surface area contributed by atoms with E-state index in [1.54, 1.807) is 0 Å². The topological polar surface area (TPSA) is 17.5 Å². The van der Waals surface area contributed by atoms with E-state index in [-0.39, 0.29) is 0 Å². The number of hydrogen-bond acceptors (Lipinski definition) is 1. The highest BCUT2D eigenvalue weighted by Crippen LogP contribution is 2.47. The molecule has 29 heavy (non-hydrogen) atoms. The minimum absolute atomic E-state index is 0.397. The molecule has 0 saturated carbocycles. The van der Waals surface area contributed by atoms with E-state index in [1.807, 2.05) is 26.0 Å². The maximum atomic E-state index is 7.42. The van der Waals surface area contributed by atoms with Gasteiger partial charge in [-0.05, 0) is 35.6 Å². The third-order valence-corrected chi connectivity index (χ3v) is 5.92. The van der Waals surface area contributed by atoms with Gasteiger partial charge >= 0.3 is 0 Å². The fourth-order valence-corrected chi connectivity index (χ4v) is 4.50. The summed E-state index contributed by atoms with van der Waals surface area (Å²) in [7, 11) is 2.11. The predicted octanol–water partition coefficient (Wildman–Crippen LogP) is 6.14. The normalized spacial score (nSPS) is 12.5. The zero-order chi connectivity index (χ0) is 20.3. The van der Waals surface area contributed by atoms with Gasteiger partial charge in [-0.3, -0.25) is 0 Å². The lowest BCUT2D eigenvalue weighted by Crippen LogP contribution is -2.33. The molecule has 5 rings (SSSR count). The Kier molecular flexibility index (Phi) is 3.70. The largest absolute Gasteiger partial charge is 0.450 e. The smallest absolute Gasteiger partial charge is 0.256 e. The number of pyridine rings is 1. The van der Waals surface area contributed by atoms with Crippen LogP contribution in [0.15, 0.2) is 54.6 Å². The van der Waals surface area contributed by atoms with Crippen LogP contribution < -0.4 is 9.30 Å². The van der Waals surface area contributed by atoms with Crippen LogP contribution in [-0.4, -0.2) is 5.54 Å². The van der Waals surface area contributed by atoms with Gasteiger partial charge in [0, 0.05) is 31.4 Å². The second-order valence-corrected chi connectivity index (χ2v) is 8.62. The van der Waals surface area contributed by atoms with Crippen molar-refractivity contribution in [2.45, 2.75) is 32.7 Å². The zero-order valence-corrected chi connectivity index (χ0v) is 17.2. The van der Waals surface area contributed by atoms with Gasteiger partial charge in [-0.2, -0.15) is 4.57 Å². The van der Waals surface area contributed by atoms with E-state index in [2.05, 4.69) is 65.8 Å². The van der Waals surface area contributed by atoms with Crippen molar-refractivity contribution in [2.24, 2.45) is 7.05 Å². The maximum Gasteiger partial charge on any atom is 0.256 e. The van der Waals surface area contributed by atoms with Crippen LogP contribution >= 0.6 is 0 Å². The van der Waals surface area contributed by atoms with Crippen LogP contribution in [0.2, 0.25) is 0 Å². The lowest BCUT2D eigenvalue weighted by molar-refractivity contribution is -0.633. The van der Waals surface area contributed by atoms with Crippen molar-refractivity contribution in [2.75, 3.05) is 0 Å². The molecule has 1 aliphatic rings. The van der Waals surface area contributed by atoms with Gasteiger partial charge < -0.3 is 9.58 Å². The second-order valence-electron chi connectivity index (χ2n) is 8.62. The Morgan fingerprint density at radius 2 is 1.83 bits per heavy atom. The third kappa shape index (κ3) is 2.68. The van der Waals surface area contributed by atoms with Gasteiger partial charge in [-0.1, -0.05) is 30.3 Å². The molecular weight excluding hydrogens is 356 g/mol.